The summed E-state index contributed by atoms with van der Waals surface area (Å²) >= 11 is 0. The van der Waals surface area contributed by atoms with Gasteiger partial charge in [0, 0.05) is 12.0 Å². The van der Waals surface area contributed by atoms with Crippen molar-refractivity contribution in [2.45, 2.75) is 19.4 Å². The largest absolute Gasteiger partial charge is 0.396 e. The van der Waals surface area contributed by atoms with Crippen LogP contribution >= 0.6 is 0 Å². The molecule has 0 aromatic carbocycles. The van der Waals surface area contributed by atoms with E-state index in [0.29, 0.717) is 6.54 Å². The molecule has 2 N–H and O–H groups in total. The number of aliphatic hydroxyl groups is 1. The number of carbonyl (C=O) groups is 1. The zero-order valence-electron chi connectivity index (χ0n) is 9.70. The fourth-order valence-corrected chi connectivity index (χ4v) is 1.59. The fraction of sp³-hybridized carbons (Fsp3) is 0.600. The molecule has 1 aromatic rings. The lowest BCUT2D eigenvalue weighted by Crippen LogP contribution is -2.34. The Morgan fingerprint density at radius 3 is 2.89 bits per heavy atom. The quantitative estimate of drug-likeness (QED) is 0.534. The van der Waals surface area contributed by atoms with Crippen LogP contribution in [0.25, 0.3) is 0 Å². The second-order valence-corrected chi connectivity index (χ2v) is 4.56. The van der Waals surface area contributed by atoms with Gasteiger partial charge in [0.1, 0.15) is 6.54 Å². The summed E-state index contributed by atoms with van der Waals surface area (Å²) in [5.74, 6) is -0.551. The Morgan fingerprint density at radius 2 is 2.39 bits per heavy atom. The Hall–Kier alpha value is -1.96. The van der Waals surface area contributed by atoms with Crippen LogP contribution in [0.2, 0.25) is 0 Å². The van der Waals surface area contributed by atoms with Gasteiger partial charge in [-0.3, -0.25) is 4.79 Å². The molecule has 0 bridgehead atoms. The van der Waals surface area contributed by atoms with Crippen LogP contribution in [0.15, 0.2) is 12.3 Å². The third-order valence-corrected chi connectivity index (χ3v) is 3.07. The summed E-state index contributed by atoms with van der Waals surface area (Å²) < 4.78 is 1.21. The van der Waals surface area contributed by atoms with Crippen LogP contribution in [0, 0.1) is 15.5 Å². The number of aromatic nitrogens is 2. The van der Waals surface area contributed by atoms with Gasteiger partial charge in [-0.05, 0) is 17.8 Å². The van der Waals surface area contributed by atoms with Crippen molar-refractivity contribution in [1.82, 2.24) is 15.1 Å². The zero-order valence-corrected chi connectivity index (χ0v) is 9.70. The van der Waals surface area contributed by atoms with Crippen LogP contribution < -0.4 is 5.32 Å². The van der Waals surface area contributed by atoms with Crippen LogP contribution in [0.5, 0.6) is 0 Å². The molecule has 0 unspecified atom stereocenters. The number of hydrogen-bond donors (Lipinski definition) is 2. The average Bonchev–Trinajstić information content (AvgIpc) is 2.98. The molecule has 1 amide bonds. The highest BCUT2D eigenvalue weighted by molar-refractivity contribution is 5.75. The Kier molecular flexibility index (Phi) is 3.28. The van der Waals surface area contributed by atoms with Crippen LogP contribution in [-0.4, -0.2) is 38.9 Å². The Balaban J connectivity index is 1.81. The minimum atomic E-state index is -0.612. The van der Waals surface area contributed by atoms with Gasteiger partial charge >= 0.3 is 5.82 Å². The highest BCUT2D eigenvalue weighted by Crippen LogP contribution is 2.44. The van der Waals surface area contributed by atoms with Gasteiger partial charge < -0.3 is 20.5 Å². The molecule has 18 heavy (non-hydrogen) atoms. The molecule has 8 heteroatoms. The molecule has 2 rings (SSSR count). The fourth-order valence-electron chi connectivity index (χ4n) is 1.59. The van der Waals surface area contributed by atoms with Crippen molar-refractivity contribution < 1.29 is 14.8 Å². The molecule has 1 aliphatic rings. The molecule has 0 aliphatic heterocycles. The van der Waals surface area contributed by atoms with Crippen molar-refractivity contribution in [1.29, 1.82) is 0 Å². The summed E-state index contributed by atoms with van der Waals surface area (Å²) in [4.78, 5) is 21.4. The monoisotopic (exact) mass is 254 g/mol. The standard InChI is InChI=1S/C10H14N4O4/c15-7-10(2-3-10)6-11-9(16)5-13-4-1-8(12-13)14(17)18/h1,4,15H,2-3,5-7H2,(H,11,16). The summed E-state index contributed by atoms with van der Waals surface area (Å²) in [5, 5.41) is 25.8. The number of amides is 1. The average molecular weight is 254 g/mol. The van der Waals surface area contributed by atoms with Gasteiger partial charge in [-0.2, -0.15) is 4.68 Å². The molecule has 1 saturated carbocycles. The van der Waals surface area contributed by atoms with Crippen molar-refractivity contribution >= 4 is 11.7 Å². The van der Waals surface area contributed by atoms with E-state index in [-0.39, 0.29) is 30.3 Å². The van der Waals surface area contributed by atoms with Gasteiger partial charge in [-0.15, -0.1) is 0 Å². The number of hydrogen-bond acceptors (Lipinski definition) is 5. The van der Waals surface area contributed by atoms with Crippen molar-refractivity contribution in [2.75, 3.05) is 13.2 Å². The van der Waals surface area contributed by atoms with Crippen LogP contribution in [0.4, 0.5) is 5.82 Å². The topological polar surface area (TPSA) is 110 Å². The van der Waals surface area contributed by atoms with Crippen LogP contribution in [0.3, 0.4) is 0 Å². The number of nitro groups is 1. The molecule has 1 aromatic heterocycles. The molecular formula is C10H14N4O4. The minimum Gasteiger partial charge on any atom is -0.396 e. The molecule has 0 spiro atoms. The van der Waals surface area contributed by atoms with Crippen LogP contribution in [0.1, 0.15) is 12.8 Å². The first-order chi connectivity index (χ1) is 8.54. The van der Waals surface area contributed by atoms with E-state index < -0.39 is 4.92 Å². The first kappa shape index (κ1) is 12.5. The molecule has 1 fully saturated rings. The predicted octanol–water partition coefficient (Wildman–Crippen LogP) is -0.320. The van der Waals surface area contributed by atoms with Crippen molar-refractivity contribution in [3.63, 3.8) is 0 Å². The summed E-state index contributed by atoms with van der Waals surface area (Å²) in [7, 11) is 0. The summed E-state index contributed by atoms with van der Waals surface area (Å²) in [5.41, 5.74) is -0.147. The SMILES string of the molecule is O=C(Cn1ccc([N+](=O)[O-])n1)NCC1(CO)CC1. The highest BCUT2D eigenvalue weighted by atomic mass is 16.6. The maximum Gasteiger partial charge on any atom is 0.389 e. The van der Waals surface area contributed by atoms with Crippen molar-refractivity contribution in [2.24, 2.45) is 5.41 Å². The number of carbonyl (C=O) groups excluding carboxylic acids is 1. The van der Waals surface area contributed by atoms with Gasteiger partial charge in [0.05, 0.1) is 24.0 Å². The second kappa shape index (κ2) is 4.73. The van der Waals surface area contributed by atoms with E-state index in [9.17, 15) is 14.9 Å². The van der Waals surface area contributed by atoms with Gasteiger partial charge in [0.2, 0.25) is 5.91 Å². The van der Waals surface area contributed by atoms with Gasteiger partial charge in [-0.25, -0.2) is 0 Å². The molecule has 0 atom stereocenters. The second-order valence-electron chi connectivity index (χ2n) is 4.56. The first-order valence-corrected chi connectivity index (χ1v) is 5.60. The van der Waals surface area contributed by atoms with Crippen molar-refractivity contribution in [3.8, 4) is 0 Å². The molecule has 0 radical (unpaired) electrons. The van der Waals surface area contributed by atoms with E-state index in [0.717, 1.165) is 12.8 Å². The number of aliphatic hydroxyl groups excluding tert-OH is 1. The highest BCUT2D eigenvalue weighted by Gasteiger charge is 2.42. The maximum absolute atomic E-state index is 11.6. The summed E-state index contributed by atoms with van der Waals surface area (Å²) in [6, 6.07) is 1.24. The summed E-state index contributed by atoms with van der Waals surface area (Å²) in [6.45, 7) is 0.446. The predicted molar refractivity (Wildman–Crippen MR) is 60.6 cm³/mol. The smallest absolute Gasteiger partial charge is 0.389 e. The zero-order chi connectivity index (χ0) is 13.2. The third-order valence-electron chi connectivity index (χ3n) is 3.07. The van der Waals surface area contributed by atoms with Gasteiger partial charge in [0.25, 0.3) is 0 Å². The number of rotatable bonds is 6. The lowest BCUT2D eigenvalue weighted by atomic mass is 10.1. The molecule has 0 saturated heterocycles. The molecule has 1 heterocycles. The lowest BCUT2D eigenvalue weighted by Gasteiger charge is -2.11. The van der Waals surface area contributed by atoms with E-state index in [1.54, 1.807) is 0 Å². The third kappa shape index (κ3) is 2.83. The Labute approximate surface area is 103 Å². The Bertz CT molecular complexity index is 466. The van der Waals surface area contributed by atoms with Gasteiger partial charge in [-0.1, -0.05) is 0 Å². The number of nitrogens with zero attached hydrogens (tertiary/aromatic N) is 3. The van der Waals surface area contributed by atoms with Crippen LogP contribution in [-0.2, 0) is 11.3 Å². The van der Waals surface area contributed by atoms with Gasteiger partial charge in [0.15, 0.2) is 0 Å². The van der Waals surface area contributed by atoms with E-state index in [4.69, 9.17) is 5.11 Å². The van der Waals surface area contributed by atoms with Crippen molar-refractivity contribution in [3.05, 3.63) is 22.4 Å². The van der Waals surface area contributed by atoms with E-state index in [2.05, 4.69) is 10.4 Å². The Morgan fingerprint density at radius 1 is 1.67 bits per heavy atom. The summed E-state index contributed by atoms with van der Waals surface area (Å²) in [6.07, 6.45) is 3.21. The minimum absolute atomic E-state index is 0.0602. The van der Waals surface area contributed by atoms with E-state index >= 15 is 0 Å². The number of nitrogens with one attached hydrogen (secondary N) is 1. The molecule has 8 nitrogen and oxygen atoms in total. The molecule has 98 valence electrons. The maximum atomic E-state index is 11.6. The molecule has 1 aliphatic carbocycles. The van der Waals surface area contributed by atoms with E-state index in [1.807, 2.05) is 0 Å². The normalized spacial score (nSPS) is 16.3. The van der Waals surface area contributed by atoms with E-state index in [1.165, 1.54) is 16.9 Å². The lowest BCUT2D eigenvalue weighted by molar-refractivity contribution is -0.389. The first-order valence-electron chi connectivity index (χ1n) is 5.60. The molecular weight excluding hydrogens is 240 g/mol.